The number of furan rings is 1. The molecule has 1 N–H and O–H groups in total. The van der Waals surface area contributed by atoms with Gasteiger partial charge < -0.3 is 19.1 Å². The molecule has 7 nitrogen and oxygen atoms in total. The molecule has 3 heterocycles. The van der Waals surface area contributed by atoms with Gasteiger partial charge in [-0.25, -0.2) is 4.79 Å². The van der Waals surface area contributed by atoms with Gasteiger partial charge in [-0.1, -0.05) is 0 Å². The SMILES string of the molecule is O=C(Nc1ccc2oc(=O)ccc2c1)[C@H]1CC(=O)N(Cc2ccco2)C1. The van der Waals surface area contributed by atoms with Crippen LogP contribution in [-0.4, -0.2) is 23.3 Å². The first-order valence-electron chi connectivity index (χ1n) is 8.23. The van der Waals surface area contributed by atoms with E-state index in [9.17, 15) is 14.4 Å². The van der Waals surface area contributed by atoms with Crippen LogP contribution in [0, 0.1) is 5.92 Å². The van der Waals surface area contributed by atoms with E-state index in [0.29, 0.717) is 35.5 Å². The maximum Gasteiger partial charge on any atom is 0.336 e. The van der Waals surface area contributed by atoms with Crippen LogP contribution in [0.3, 0.4) is 0 Å². The van der Waals surface area contributed by atoms with Gasteiger partial charge >= 0.3 is 5.63 Å². The van der Waals surface area contributed by atoms with E-state index in [1.807, 2.05) is 0 Å². The highest BCUT2D eigenvalue weighted by Crippen LogP contribution is 2.23. The Morgan fingerprint density at radius 1 is 1.19 bits per heavy atom. The molecule has 1 atom stereocenters. The van der Waals surface area contributed by atoms with Crippen molar-refractivity contribution in [1.82, 2.24) is 4.90 Å². The van der Waals surface area contributed by atoms with Crippen molar-refractivity contribution >= 4 is 28.5 Å². The minimum Gasteiger partial charge on any atom is -0.467 e. The molecule has 0 radical (unpaired) electrons. The van der Waals surface area contributed by atoms with Crippen molar-refractivity contribution < 1.29 is 18.4 Å². The third-order valence-electron chi connectivity index (χ3n) is 4.40. The van der Waals surface area contributed by atoms with Gasteiger partial charge in [-0.3, -0.25) is 9.59 Å². The average molecular weight is 352 g/mol. The predicted molar refractivity (Wildman–Crippen MR) is 93.3 cm³/mol. The Hall–Kier alpha value is -3.35. The lowest BCUT2D eigenvalue weighted by Gasteiger charge is -2.15. The molecule has 7 heteroatoms. The van der Waals surface area contributed by atoms with Crippen LogP contribution in [0.25, 0.3) is 11.0 Å². The van der Waals surface area contributed by atoms with E-state index >= 15 is 0 Å². The molecule has 0 bridgehead atoms. The third-order valence-corrected chi connectivity index (χ3v) is 4.40. The highest BCUT2D eigenvalue weighted by molar-refractivity contribution is 5.98. The first-order chi connectivity index (χ1) is 12.6. The van der Waals surface area contributed by atoms with E-state index < -0.39 is 11.5 Å². The largest absolute Gasteiger partial charge is 0.467 e. The number of benzene rings is 1. The molecule has 4 rings (SSSR count). The fraction of sp³-hybridized carbons (Fsp3) is 0.211. The number of carbonyl (C=O) groups excluding carboxylic acids is 2. The van der Waals surface area contributed by atoms with Crippen molar-refractivity contribution in [1.29, 1.82) is 0 Å². The summed E-state index contributed by atoms with van der Waals surface area (Å²) in [5.41, 5.74) is 0.625. The smallest absolute Gasteiger partial charge is 0.336 e. The molecule has 1 saturated heterocycles. The molecular formula is C19H16N2O5. The number of hydrogen-bond acceptors (Lipinski definition) is 5. The van der Waals surface area contributed by atoms with Crippen LogP contribution in [0.1, 0.15) is 12.2 Å². The summed E-state index contributed by atoms with van der Waals surface area (Å²) in [6.45, 7) is 0.721. The highest BCUT2D eigenvalue weighted by Gasteiger charge is 2.34. The van der Waals surface area contributed by atoms with Crippen molar-refractivity contribution in [3.05, 3.63) is 64.9 Å². The van der Waals surface area contributed by atoms with Crippen LogP contribution in [-0.2, 0) is 16.1 Å². The monoisotopic (exact) mass is 352 g/mol. The standard InChI is InChI=1S/C19H16N2O5/c22-17-9-13(10-21(17)11-15-2-1-7-25-15)19(24)20-14-4-5-16-12(8-14)3-6-18(23)26-16/h1-8,13H,9-11H2,(H,20,24)/t13-/m0/s1. The summed E-state index contributed by atoms with van der Waals surface area (Å²) in [6, 6.07) is 11.6. The maximum atomic E-state index is 12.5. The number of rotatable bonds is 4. The van der Waals surface area contributed by atoms with E-state index in [-0.39, 0.29) is 18.2 Å². The summed E-state index contributed by atoms with van der Waals surface area (Å²) in [4.78, 5) is 37.5. The molecule has 2 amide bonds. The average Bonchev–Trinajstić information content (AvgIpc) is 3.26. The van der Waals surface area contributed by atoms with Gasteiger partial charge in [0.05, 0.1) is 18.7 Å². The van der Waals surface area contributed by atoms with E-state index in [0.717, 1.165) is 0 Å². The number of likely N-dealkylation sites (tertiary alicyclic amines) is 1. The summed E-state index contributed by atoms with van der Waals surface area (Å²) in [5.74, 6) is -0.00356. The lowest BCUT2D eigenvalue weighted by molar-refractivity contribution is -0.128. The fourth-order valence-electron chi connectivity index (χ4n) is 3.09. The van der Waals surface area contributed by atoms with Crippen LogP contribution in [0.2, 0.25) is 0 Å². The van der Waals surface area contributed by atoms with Gasteiger partial charge in [-0.05, 0) is 36.4 Å². The number of amides is 2. The first kappa shape index (κ1) is 16.1. The zero-order chi connectivity index (χ0) is 18.1. The molecule has 1 aromatic carbocycles. The minimum atomic E-state index is -0.421. The quantitative estimate of drug-likeness (QED) is 0.728. The Bertz CT molecular complexity index is 1020. The number of carbonyl (C=O) groups is 2. The fourth-order valence-corrected chi connectivity index (χ4v) is 3.09. The molecule has 132 valence electrons. The Morgan fingerprint density at radius 2 is 2.08 bits per heavy atom. The Labute approximate surface area is 148 Å². The molecule has 0 saturated carbocycles. The van der Waals surface area contributed by atoms with Crippen LogP contribution in [0.15, 0.2) is 62.4 Å². The van der Waals surface area contributed by atoms with Gasteiger partial charge in [0.1, 0.15) is 11.3 Å². The molecular weight excluding hydrogens is 336 g/mol. The molecule has 1 aliphatic heterocycles. The second-order valence-corrected chi connectivity index (χ2v) is 6.25. The van der Waals surface area contributed by atoms with Gasteiger partial charge in [-0.15, -0.1) is 0 Å². The van der Waals surface area contributed by atoms with Crippen LogP contribution in [0.5, 0.6) is 0 Å². The van der Waals surface area contributed by atoms with Crippen molar-refractivity contribution in [3.8, 4) is 0 Å². The highest BCUT2D eigenvalue weighted by atomic mass is 16.4. The minimum absolute atomic E-state index is 0.0677. The predicted octanol–water partition coefficient (Wildman–Crippen LogP) is 2.37. The molecule has 3 aromatic rings. The van der Waals surface area contributed by atoms with Crippen molar-refractivity contribution in [2.24, 2.45) is 5.92 Å². The summed E-state index contributed by atoms with van der Waals surface area (Å²) >= 11 is 0. The normalized spacial score (nSPS) is 17.0. The molecule has 0 spiro atoms. The van der Waals surface area contributed by atoms with Crippen LogP contribution >= 0.6 is 0 Å². The summed E-state index contributed by atoms with van der Waals surface area (Å²) < 4.78 is 10.3. The lowest BCUT2D eigenvalue weighted by atomic mass is 10.1. The van der Waals surface area contributed by atoms with Crippen molar-refractivity contribution in [2.75, 3.05) is 11.9 Å². The number of anilines is 1. The number of nitrogens with one attached hydrogen (secondary N) is 1. The lowest BCUT2D eigenvalue weighted by Crippen LogP contribution is -2.27. The molecule has 26 heavy (non-hydrogen) atoms. The van der Waals surface area contributed by atoms with E-state index in [1.54, 1.807) is 47.6 Å². The first-order valence-corrected chi connectivity index (χ1v) is 8.23. The van der Waals surface area contributed by atoms with Gasteiger partial charge in [0.2, 0.25) is 11.8 Å². The Morgan fingerprint density at radius 3 is 2.88 bits per heavy atom. The van der Waals surface area contributed by atoms with Gasteiger partial charge in [0.15, 0.2) is 0 Å². The number of hydrogen-bond donors (Lipinski definition) is 1. The molecule has 0 unspecified atom stereocenters. The molecule has 2 aromatic heterocycles. The molecule has 0 aliphatic carbocycles. The van der Waals surface area contributed by atoms with Crippen molar-refractivity contribution in [2.45, 2.75) is 13.0 Å². The Kier molecular flexibility index (Phi) is 4.04. The summed E-state index contributed by atoms with van der Waals surface area (Å²) in [6.07, 6.45) is 1.73. The maximum absolute atomic E-state index is 12.5. The topological polar surface area (TPSA) is 92.8 Å². The van der Waals surface area contributed by atoms with Crippen molar-refractivity contribution in [3.63, 3.8) is 0 Å². The van der Waals surface area contributed by atoms with Crippen LogP contribution < -0.4 is 10.9 Å². The van der Waals surface area contributed by atoms with Gasteiger partial charge in [0.25, 0.3) is 0 Å². The number of nitrogens with zero attached hydrogens (tertiary/aromatic N) is 1. The second kappa shape index (κ2) is 6.51. The van der Waals surface area contributed by atoms with Gasteiger partial charge in [0, 0.05) is 30.1 Å². The van der Waals surface area contributed by atoms with E-state index in [2.05, 4.69) is 5.32 Å². The van der Waals surface area contributed by atoms with Gasteiger partial charge in [-0.2, -0.15) is 0 Å². The van der Waals surface area contributed by atoms with E-state index in [1.165, 1.54) is 6.07 Å². The van der Waals surface area contributed by atoms with Crippen LogP contribution in [0.4, 0.5) is 5.69 Å². The zero-order valence-electron chi connectivity index (χ0n) is 13.8. The third kappa shape index (κ3) is 3.23. The Balaban J connectivity index is 1.44. The summed E-state index contributed by atoms with van der Waals surface area (Å²) in [5, 5.41) is 3.54. The summed E-state index contributed by atoms with van der Waals surface area (Å²) in [7, 11) is 0. The zero-order valence-corrected chi connectivity index (χ0v) is 13.8. The second-order valence-electron chi connectivity index (χ2n) is 6.25. The molecule has 1 aliphatic rings. The molecule has 1 fully saturated rings. The van der Waals surface area contributed by atoms with E-state index in [4.69, 9.17) is 8.83 Å². The number of fused-ring (bicyclic) bond motifs is 1.